The lowest BCUT2D eigenvalue weighted by atomic mass is 10.0. The summed E-state index contributed by atoms with van der Waals surface area (Å²) in [6, 6.07) is 12.0. The van der Waals surface area contributed by atoms with Gasteiger partial charge in [0.2, 0.25) is 0 Å². The molecule has 2 atom stereocenters. The van der Waals surface area contributed by atoms with Gasteiger partial charge in [-0.3, -0.25) is 4.98 Å². The molecule has 3 nitrogen and oxygen atoms in total. The Kier molecular flexibility index (Phi) is 5.13. The maximum absolute atomic E-state index is 6.24. The van der Waals surface area contributed by atoms with Crippen LogP contribution in [0.15, 0.2) is 48.8 Å². The molecule has 106 valence electrons. The first-order valence-electron chi connectivity index (χ1n) is 7.16. The van der Waals surface area contributed by atoms with E-state index in [1.807, 2.05) is 36.5 Å². The second-order valence-corrected chi connectivity index (χ2v) is 4.86. The lowest BCUT2D eigenvalue weighted by molar-refractivity contribution is 0.169. The molecule has 0 aliphatic heterocycles. The van der Waals surface area contributed by atoms with Crippen LogP contribution in [0.2, 0.25) is 0 Å². The topological polar surface area (TPSA) is 48.1 Å². The number of rotatable bonds is 6. The van der Waals surface area contributed by atoms with E-state index >= 15 is 0 Å². The zero-order valence-corrected chi connectivity index (χ0v) is 12.1. The highest BCUT2D eigenvalue weighted by Gasteiger charge is 2.21. The molecule has 0 amide bonds. The minimum Gasteiger partial charge on any atom is -0.484 e. The quantitative estimate of drug-likeness (QED) is 0.874. The van der Waals surface area contributed by atoms with Crippen molar-refractivity contribution in [3.63, 3.8) is 0 Å². The molecule has 0 saturated carbocycles. The summed E-state index contributed by atoms with van der Waals surface area (Å²) in [6.45, 7) is 4.20. The first kappa shape index (κ1) is 14.5. The number of aryl methyl sites for hydroxylation is 1. The molecule has 0 aliphatic carbocycles. The van der Waals surface area contributed by atoms with Gasteiger partial charge in [0.05, 0.1) is 0 Å². The molecule has 0 bridgehead atoms. The molecule has 0 fully saturated rings. The number of nitrogens with zero attached hydrogens (tertiary/aromatic N) is 1. The molecule has 1 aromatic heterocycles. The SMILES string of the molecule is CCc1ccccc1OC(c1cccnc1)C(N)CC. The average Bonchev–Trinajstić information content (AvgIpc) is 2.53. The number of aromatic nitrogens is 1. The third-order valence-corrected chi connectivity index (χ3v) is 3.48. The lowest BCUT2D eigenvalue weighted by Gasteiger charge is -2.25. The molecule has 1 heterocycles. The van der Waals surface area contributed by atoms with Crippen LogP contribution in [0.1, 0.15) is 37.5 Å². The van der Waals surface area contributed by atoms with Gasteiger partial charge in [0.1, 0.15) is 11.9 Å². The van der Waals surface area contributed by atoms with Gasteiger partial charge in [-0.25, -0.2) is 0 Å². The minimum atomic E-state index is -0.165. The van der Waals surface area contributed by atoms with E-state index in [0.717, 1.165) is 24.2 Å². The van der Waals surface area contributed by atoms with Gasteiger partial charge >= 0.3 is 0 Å². The van der Waals surface area contributed by atoms with Crippen LogP contribution in [0.5, 0.6) is 5.75 Å². The molecule has 2 aromatic rings. The monoisotopic (exact) mass is 270 g/mol. The van der Waals surface area contributed by atoms with Crippen molar-refractivity contribution in [2.24, 2.45) is 5.73 Å². The molecule has 2 rings (SSSR count). The summed E-state index contributed by atoms with van der Waals surface area (Å²) in [5.74, 6) is 0.910. The number of hydrogen-bond donors (Lipinski definition) is 1. The first-order valence-corrected chi connectivity index (χ1v) is 7.16. The normalized spacial score (nSPS) is 13.8. The Bertz CT molecular complexity index is 528. The zero-order valence-electron chi connectivity index (χ0n) is 12.1. The van der Waals surface area contributed by atoms with Gasteiger partial charge in [-0.2, -0.15) is 0 Å². The molecule has 0 radical (unpaired) electrons. The smallest absolute Gasteiger partial charge is 0.140 e. The Morgan fingerprint density at radius 2 is 1.95 bits per heavy atom. The third-order valence-electron chi connectivity index (χ3n) is 3.48. The van der Waals surface area contributed by atoms with Crippen molar-refractivity contribution in [3.8, 4) is 5.75 Å². The van der Waals surface area contributed by atoms with Gasteiger partial charge in [-0.15, -0.1) is 0 Å². The molecule has 2 N–H and O–H groups in total. The molecular formula is C17H22N2O. The fourth-order valence-corrected chi connectivity index (χ4v) is 2.21. The van der Waals surface area contributed by atoms with E-state index < -0.39 is 0 Å². The van der Waals surface area contributed by atoms with Crippen LogP contribution in [0.3, 0.4) is 0 Å². The fraction of sp³-hybridized carbons (Fsp3) is 0.353. The van der Waals surface area contributed by atoms with E-state index in [-0.39, 0.29) is 12.1 Å². The highest BCUT2D eigenvalue weighted by Crippen LogP contribution is 2.27. The van der Waals surface area contributed by atoms with Crippen molar-refractivity contribution in [1.82, 2.24) is 4.98 Å². The van der Waals surface area contributed by atoms with Gasteiger partial charge in [-0.1, -0.05) is 38.1 Å². The molecule has 1 aromatic carbocycles. The molecule has 0 aliphatic rings. The van der Waals surface area contributed by atoms with Gasteiger partial charge < -0.3 is 10.5 Å². The number of ether oxygens (including phenoxy) is 1. The van der Waals surface area contributed by atoms with Crippen molar-refractivity contribution in [3.05, 3.63) is 59.9 Å². The van der Waals surface area contributed by atoms with E-state index in [0.29, 0.717) is 0 Å². The Balaban J connectivity index is 2.29. The summed E-state index contributed by atoms with van der Waals surface area (Å²) >= 11 is 0. The zero-order chi connectivity index (χ0) is 14.4. The first-order chi connectivity index (χ1) is 9.76. The molecule has 0 saturated heterocycles. The maximum atomic E-state index is 6.24. The standard InChI is InChI=1S/C17H22N2O/c1-3-13-8-5-6-10-16(13)20-17(15(18)4-2)14-9-7-11-19-12-14/h5-12,15,17H,3-4,18H2,1-2H3. The van der Waals surface area contributed by atoms with E-state index in [1.165, 1.54) is 5.56 Å². The second-order valence-electron chi connectivity index (χ2n) is 4.86. The van der Waals surface area contributed by atoms with E-state index in [2.05, 4.69) is 24.9 Å². The number of hydrogen-bond acceptors (Lipinski definition) is 3. The number of nitrogens with two attached hydrogens (primary N) is 1. The summed E-state index contributed by atoms with van der Waals surface area (Å²) in [6.07, 6.45) is 5.22. The van der Waals surface area contributed by atoms with E-state index in [4.69, 9.17) is 10.5 Å². The molecular weight excluding hydrogens is 248 g/mol. The fourth-order valence-electron chi connectivity index (χ4n) is 2.21. The Hall–Kier alpha value is -1.87. The van der Waals surface area contributed by atoms with Crippen molar-refractivity contribution in [1.29, 1.82) is 0 Å². The van der Waals surface area contributed by atoms with Crippen molar-refractivity contribution < 1.29 is 4.74 Å². The summed E-state index contributed by atoms with van der Waals surface area (Å²) < 4.78 is 6.21. The summed E-state index contributed by atoms with van der Waals surface area (Å²) in [5.41, 5.74) is 8.46. The number of pyridine rings is 1. The van der Waals surface area contributed by atoms with Gasteiger partial charge in [0.15, 0.2) is 0 Å². The van der Waals surface area contributed by atoms with Crippen LogP contribution >= 0.6 is 0 Å². The predicted octanol–water partition coefficient (Wildman–Crippen LogP) is 3.50. The van der Waals surface area contributed by atoms with Gasteiger partial charge in [0, 0.05) is 24.0 Å². The van der Waals surface area contributed by atoms with E-state index in [9.17, 15) is 0 Å². The van der Waals surface area contributed by atoms with Crippen LogP contribution in [-0.4, -0.2) is 11.0 Å². The van der Waals surface area contributed by atoms with Crippen LogP contribution in [0.4, 0.5) is 0 Å². The van der Waals surface area contributed by atoms with Crippen molar-refractivity contribution >= 4 is 0 Å². The lowest BCUT2D eigenvalue weighted by Crippen LogP contribution is -2.31. The largest absolute Gasteiger partial charge is 0.484 e. The highest BCUT2D eigenvalue weighted by atomic mass is 16.5. The molecule has 3 heteroatoms. The minimum absolute atomic E-state index is 0.0517. The van der Waals surface area contributed by atoms with Crippen LogP contribution in [0, 0.1) is 0 Å². The Morgan fingerprint density at radius 1 is 1.15 bits per heavy atom. The van der Waals surface area contributed by atoms with Crippen LogP contribution < -0.4 is 10.5 Å². The van der Waals surface area contributed by atoms with Crippen molar-refractivity contribution in [2.45, 2.75) is 38.8 Å². The van der Waals surface area contributed by atoms with Crippen molar-refractivity contribution in [2.75, 3.05) is 0 Å². The van der Waals surface area contributed by atoms with Gasteiger partial charge in [-0.05, 0) is 30.5 Å². The summed E-state index contributed by atoms with van der Waals surface area (Å²) in [7, 11) is 0. The molecule has 0 spiro atoms. The number of benzene rings is 1. The molecule has 2 unspecified atom stereocenters. The Labute approximate surface area is 120 Å². The van der Waals surface area contributed by atoms with E-state index in [1.54, 1.807) is 6.20 Å². The molecule has 20 heavy (non-hydrogen) atoms. The van der Waals surface area contributed by atoms with Crippen LogP contribution in [-0.2, 0) is 6.42 Å². The third kappa shape index (κ3) is 3.36. The Morgan fingerprint density at radius 3 is 2.60 bits per heavy atom. The predicted molar refractivity (Wildman–Crippen MR) is 81.7 cm³/mol. The highest BCUT2D eigenvalue weighted by molar-refractivity contribution is 5.34. The van der Waals surface area contributed by atoms with Gasteiger partial charge in [0.25, 0.3) is 0 Å². The number of para-hydroxylation sites is 1. The summed E-state index contributed by atoms with van der Waals surface area (Å²) in [5, 5.41) is 0. The maximum Gasteiger partial charge on any atom is 0.140 e. The second kappa shape index (κ2) is 7.06. The summed E-state index contributed by atoms with van der Waals surface area (Å²) in [4.78, 5) is 4.17. The van der Waals surface area contributed by atoms with Crippen LogP contribution in [0.25, 0.3) is 0 Å². The average molecular weight is 270 g/mol.